The molecule has 4 nitrogen and oxygen atoms in total. The smallest absolute Gasteiger partial charge is 0.223 e. The van der Waals surface area contributed by atoms with Gasteiger partial charge in [0.25, 0.3) is 0 Å². The Labute approximate surface area is 126 Å². The fraction of sp³-hybridized carbons (Fsp3) is 0.706. The molecular formula is C17H26N2O2. The summed E-state index contributed by atoms with van der Waals surface area (Å²) in [5.41, 5.74) is 1.61. The zero-order chi connectivity index (χ0) is 14.8. The SMILES string of the molecule is Cc1cc(=O)c(O)c(CN2CCCCC2)n1C1CCCC1. The van der Waals surface area contributed by atoms with Crippen molar-refractivity contribution in [3.05, 3.63) is 27.7 Å². The summed E-state index contributed by atoms with van der Waals surface area (Å²) >= 11 is 0. The fourth-order valence-corrected chi connectivity index (χ4v) is 3.95. The minimum absolute atomic E-state index is 0.0296. The zero-order valence-electron chi connectivity index (χ0n) is 13.0. The Bertz CT molecular complexity index is 553. The van der Waals surface area contributed by atoms with Gasteiger partial charge in [-0.1, -0.05) is 19.3 Å². The van der Waals surface area contributed by atoms with Crippen molar-refractivity contribution in [3.8, 4) is 5.75 Å². The minimum Gasteiger partial charge on any atom is -0.503 e. The van der Waals surface area contributed by atoms with Crippen LogP contribution in [0.2, 0.25) is 0 Å². The molecule has 1 N–H and O–H groups in total. The van der Waals surface area contributed by atoms with Gasteiger partial charge >= 0.3 is 0 Å². The molecule has 3 rings (SSSR count). The second-order valence-electron chi connectivity index (χ2n) is 6.59. The highest BCUT2D eigenvalue weighted by atomic mass is 16.3. The van der Waals surface area contributed by atoms with Gasteiger partial charge < -0.3 is 9.67 Å². The predicted octanol–water partition coefficient (Wildman–Crippen LogP) is 2.96. The number of hydrogen-bond acceptors (Lipinski definition) is 3. The number of aromatic hydroxyl groups is 1. The molecule has 4 heteroatoms. The summed E-state index contributed by atoms with van der Waals surface area (Å²) in [5.74, 6) is -0.0296. The maximum absolute atomic E-state index is 12.0. The van der Waals surface area contributed by atoms with Gasteiger partial charge in [-0.2, -0.15) is 0 Å². The Morgan fingerprint density at radius 2 is 1.81 bits per heavy atom. The molecule has 0 bridgehead atoms. The molecule has 0 aromatic carbocycles. The summed E-state index contributed by atoms with van der Waals surface area (Å²) in [5, 5.41) is 10.3. The number of hydrogen-bond donors (Lipinski definition) is 1. The van der Waals surface area contributed by atoms with E-state index in [1.165, 1.54) is 32.1 Å². The first-order valence-electron chi connectivity index (χ1n) is 8.33. The van der Waals surface area contributed by atoms with E-state index in [9.17, 15) is 9.90 Å². The molecule has 1 saturated heterocycles. The van der Waals surface area contributed by atoms with Crippen molar-refractivity contribution in [1.82, 2.24) is 9.47 Å². The lowest BCUT2D eigenvalue weighted by molar-refractivity contribution is 0.209. The lowest BCUT2D eigenvalue weighted by Gasteiger charge is -2.30. The molecule has 0 radical (unpaired) electrons. The molecule has 2 fully saturated rings. The third kappa shape index (κ3) is 3.00. The third-order valence-corrected chi connectivity index (χ3v) is 5.03. The van der Waals surface area contributed by atoms with Crippen LogP contribution in [-0.2, 0) is 6.54 Å². The first-order chi connectivity index (χ1) is 10.2. The number of nitrogens with zero attached hydrogens (tertiary/aromatic N) is 2. The van der Waals surface area contributed by atoms with Gasteiger partial charge in [0.15, 0.2) is 5.75 Å². The van der Waals surface area contributed by atoms with E-state index < -0.39 is 0 Å². The van der Waals surface area contributed by atoms with Gasteiger partial charge in [0.05, 0.1) is 5.69 Å². The fourth-order valence-electron chi connectivity index (χ4n) is 3.95. The Morgan fingerprint density at radius 1 is 1.14 bits per heavy atom. The van der Waals surface area contributed by atoms with Gasteiger partial charge in [-0.15, -0.1) is 0 Å². The van der Waals surface area contributed by atoms with E-state index in [2.05, 4.69) is 9.47 Å². The third-order valence-electron chi connectivity index (χ3n) is 5.03. The zero-order valence-corrected chi connectivity index (χ0v) is 13.0. The van der Waals surface area contributed by atoms with E-state index in [1.54, 1.807) is 6.07 Å². The maximum Gasteiger partial charge on any atom is 0.223 e. The Hall–Kier alpha value is -1.29. The van der Waals surface area contributed by atoms with Crippen LogP contribution in [-0.4, -0.2) is 27.7 Å². The topological polar surface area (TPSA) is 45.5 Å². The normalized spacial score (nSPS) is 21.0. The highest BCUT2D eigenvalue weighted by Gasteiger charge is 2.24. The highest BCUT2D eigenvalue weighted by Crippen LogP contribution is 2.33. The first kappa shape index (κ1) is 14.6. The van der Waals surface area contributed by atoms with Gasteiger partial charge in [0, 0.05) is 24.3 Å². The minimum atomic E-state index is -0.228. The Balaban J connectivity index is 1.96. The van der Waals surface area contributed by atoms with Crippen molar-refractivity contribution in [1.29, 1.82) is 0 Å². The van der Waals surface area contributed by atoms with Gasteiger partial charge in [-0.3, -0.25) is 9.69 Å². The average molecular weight is 290 g/mol. The molecule has 1 aromatic rings. The molecule has 1 aromatic heterocycles. The largest absolute Gasteiger partial charge is 0.503 e. The van der Waals surface area contributed by atoms with Crippen molar-refractivity contribution >= 4 is 0 Å². The maximum atomic E-state index is 12.0. The molecular weight excluding hydrogens is 264 g/mol. The number of aryl methyl sites for hydroxylation is 1. The van der Waals surface area contributed by atoms with Crippen LogP contribution in [0.5, 0.6) is 5.75 Å². The molecule has 21 heavy (non-hydrogen) atoms. The first-order valence-corrected chi connectivity index (χ1v) is 8.33. The summed E-state index contributed by atoms with van der Waals surface area (Å²) in [6.07, 6.45) is 8.57. The standard InChI is InChI=1S/C17H26N2O2/c1-13-11-16(20)17(21)15(12-18-9-5-2-6-10-18)19(13)14-7-3-4-8-14/h11,14,21H,2-10,12H2,1H3. The summed E-state index contributed by atoms with van der Waals surface area (Å²) in [4.78, 5) is 14.4. The molecule has 0 spiro atoms. The van der Waals surface area contributed by atoms with Crippen LogP contribution in [0.4, 0.5) is 0 Å². The highest BCUT2D eigenvalue weighted by molar-refractivity contribution is 5.30. The van der Waals surface area contributed by atoms with Crippen LogP contribution < -0.4 is 5.43 Å². The average Bonchev–Trinajstić information content (AvgIpc) is 2.99. The Morgan fingerprint density at radius 3 is 2.48 bits per heavy atom. The number of rotatable bonds is 3. The molecule has 2 heterocycles. The van der Waals surface area contributed by atoms with Gasteiger partial charge in [-0.25, -0.2) is 0 Å². The molecule has 0 atom stereocenters. The quantitative estimate of drug-likeness (QED) is 0.931. The number of piperidine rings is 1. The monoisotopic (exact) mass is 290 g/mol. The Kier molecular flexibility index (Phi) is 4.34. The van der Waals surface area contributed by atoms with E-state index in [-0.39, 0.29) is 11.2 Å². The second-order valence-corrected chi connectivity index (χ2v) is 6.59. The summed E-state index contributed by atoms with van der Waals surface area (Å²) in [7, 11) is 0. The van der Waals surface area contributed by atoms with Crippen LogP contribution >= 0.6 is 0 Å². The molecule has 1 aliphatic heterocycles. The molecule has 2 aliphatic rings. The van der Waals surface area contributed by atoms with Crippen molar-refractivity contribution in [2.75, 3.05) is 13.1 Å². The molecule has 1 aliphatic carbocycles. The summed E-state index contributed by atoms with van der Waals surface area (Å²) in [6.45, 7) is 4.86. The van der Waals surface area contributed by atoms with E-state index in [4.69, 9.17) is 0 Å². The molecule has 0 amide bonds. The van der Waals surface area contributed by atoms with Gasteiger partial charge in [-0.05, 0) is 45.7 Å². The van der Waals surface area contributed by atoms with E-state index in [1.807, 2.05) is 6.92 Å². The lowest BCUT2D eigenvalue weighted by Crippen LogP contribution is -2.32. The van der Waals surface area contributed by atoms with Gasteiger partial charge in [0.2, 0.25) is 5.43 Å². The van der Waals surface area contributed by atoms with Crippen LogP contribution in [0.3, 0.4) is 0 Å². The van der Waals surface area contributed by atoms with Crippen molar-refractivity contribution < 1.29 is 5.11 Å². The molecule has 0 unspecified atom stereocenters. The number of aromatic nitrogens is 1. The van der Waals surface area contributed by atoms with E-state index >= 15 is 0 Å². The number of pyridine rings is 1. The van der Waals surface area contributed by atoms with Crippen molar-refractivity contribution in [2.45, 2.75) is 64.5 Å². The molecule has 116 valence electrons. The predicted molar refractivity (Wildman–Crippen MR) is 83.7 cm³/mol. The van der Waals surface area contributed by atoms with Crippen molar-refractivity contribution in [2.24, 2.45) is 0 Å². The summed E-state index contributed by atoms with van der Waals surface area (Å²) in [6, 6.07) is 2.05. The lowest BCUT2D eigenvalue weighted by atomic mass is 10.1. The van der Waals surface area contributed by atoms with E-state index in [0.717, 1.165) is 37.3 Å². The molecule has 1 saturated carbocycles. The summed E-state index contributed by atoms with van der Waals surface area (Å²) < 4.78 is 2.25. The van der Waals surface area contributed by atoms with Crippen LogP contribution in [0.25, 0.3) is 0 Å². The van der Waals surface area contributed by atoms with Crippen LogP contribution in [0.1, 0.15) is 62.4 Å². The second kappa shape index (κ2) is 6.22. The van der Waals surface area contributed by atoms with Crippen molar-refractivity contribution in [3.63, 3.8) is 0 Å². The van der Waals surface area contributed by atoms with Crippen LogP contribution in [0, 0.1) is 6.92 Å². The van der Waals surface area contributed by atoms with E-state index in [0.29, 0.717) is 12.6 Å². The van der Waals surface area contributed by atoms with Gasteiger partial charge in [0.1, 0.15) is 0 Å². The number of likely N-dealkylation sites (tertiary alicyclic amines) is 1. The van der Waals surface area contributed by atoms with Crippen LogP contribution in [0.15, 0.2) is 10.9 Å².